The topological polar surface area (TPSA) is 42.4 Å². The Kier molecular flexibility index (Phi) is 4.34. The quantitative estimate of drug-likeness (QED) is 0.830. The van der Waals surface area contributed by atoms with Crippen molar-refractivity contribution in [3.63, 3.8) is 0 Å². The summed E-state index contributed by atoms with van der Waals surface area (Å²) in [5.41, 5.74) is 2.53. The molecule has 4 nitrogen and oxygen atoms in total. The van der Waals surface area contributed by atoms with Crippen molar-refractivity contribution in [3.05, 3.63) is 77.8 Å². The SMILES string of the molecule is O=C(C1=Cc2ccccc2OC=C1)N1CCCC[C@@H]1c1ccccn1. The summed E-state index contributed by atoms with van der Waals surface area (Å²) in [5, 5.41) is 0. The van der Waals surface area contributed by atoms with Gasteiger partial charge in [0.2, 0.25) is 0 Å². The maximum Gasteiger partial charge on any atom is 0.254 e. The lowest BCUT2D eigenvalue weighted by molar-refractivity contribution is -0.130. The highest BCUT2D eigenvalue weighted by Crippen LogP contribution is 2.32. The van der Waals surface area contributed by atoms with Gasteiger partial charge in [-0.05, 0) is 49.6 Å². The number of fused-ring (bicyclic) bond motifs is 1. The van der Waals surface area contributed by atoms with Crippen molar-refractivity contribution in [1.29, 1.82) is 0 Å². The summed E-state index contributed by atoms with van der Waals surface area (Å²) in [7, 11) is 0. The third-order valence-corrected chi connectivity index (χ3v) is 4.71. The lowest BCUT2D eigenvalue weighted by atomic mass is 9.97. The second-order valence-corrected chi connectivity index (χ2v) is 6.32. The highest BCUT2D eigenvalue weighted by atomic mass is 16.5. The number of likely N-dealkylation sites (tertiary alicyclic amines) is 1. The van der Waals surface area contributed by atoms with Gasteiger partial charge in [0.15, 0.2) is 0 Å². The Morgan fingerprint density at radius 1 is 1.12 bits per heavy atom. The molecule has 2 aromatic rings. The molecule has 0 unspecified atom stereocenters. The lowest BCUT2D eigenvalue weighted by Crippen LogP contribution is -2.39. The van der Waals surface area contributed by atoms with Crippen molar-refractivity contribution in [2.45, 2.75) is 25.3 Å². The van der Waals surface area contributed by atoms with E-state index in [2.05, 4.69) is 4.98 Å². The number of piperidine rings is 1. The van der Waals surface area contributed by atoms with Crippen LogP contribution < -0.4 is 4.74 Å². The smallest absolute Gasteiger partial charge is 0.254 e. The van der Waals surface area contributed by atoms with Crippen molar-refractivity contribution < 1.29 is 9.53 Å². The average molecular weight is 332 g/mol. The molecule has 25 heavy (non-hydrogen) atoms. The second-order valence-electron chi connectivity index (χ2n) is 6.32. The standard InChI is InChI=1S/C21H20N2O2/c24-21(17-11-14-25-20-10-2-1-7-16(20)15-17)23-13-6-4-9-19(23)18-8-3-5-12-22-18/h1-3,5,7-8,10-12,14-15,19H,4,6,9,13H2/t19-/m1/s1. The van der Waals surface area contributed by atoms with E-state index in [1.54, 1.807) is 18.5 Å². The Bertz CT molecular complexity index is 827. The van der Waals surface area contributed by atoms with Crippen LogP contribution in [-0.4, -0.2) is 22.3 Å². The van der Waals surface area contributed by atoms with Crippen LogP contribution >= 0.6 is 0 Å². The molecule has 4 rings (SSSR count). The first-order valence-corrected chi connectivity index (χ1v) is 8.69. The maximum atomic E-state index is 13.2. The summed E-state index contributed by atoms with van der Waals surface area (Å²) in [6.07, 6.45) is 10.1. The zero-order valence-electron chi connectivity index (χ0n) is 14.0. The molecule has 0 saturated carbocycles. The van der Waals surface area contributed by atoms with Gasteiger partial charge >= 0.3 is 0 Å². The highest BCUT2D eigenvalue weighted by Gasteiger charge is 2.30. The number of ether oxygens (including phenoxy) is 1. The van der Waals surface area contributed by atoms with E-state index in [4.69, 9.17) is 4.74 Å². The molecule has 0 aliphatic carbocycles. The normalized spacial score (nSPS) is 19.4. The summed E-state index contributed by atoms with van der Waals surface area (Å²) < 4.78 is 5.61. The molecule has 3 heterocycles. The van der Waals surface area contributed by atoms with Gasteiger partial charge in [-0.3, -0.25) is 9.78 Å². The van der Waals surface area contributed by atoms with Gasteiger partial charge in [0.05, 0.1) is 18.0 Å². The van der Waals surface area contributed by atoms with E-state index in [1.165, 1.54) is 0 Å². The fourth-order valence-corrected chi connectivity index (χ4v) is 3.46. The average Bonchev–Trinajstić information content (AvgIpc) is 2.90. The van der Waals surface area contributed by atoms with Crippen LogP contribution in [0.5, 0.6) is 5.75 Å². The molecular weight excluding hydrogens is 312 g/mol. The number of rotatable bonds is 2. The van der Waals surface area contributed by atoms with Gasteiger partial charge in [-0.25, -0.2) is 0 Å². The summed E-state index contributed by atoms with van der Waals surface area (Å²) in [4.78, 5) is 19.7. The Morgan fingerprint density at radius 2 is 2.00 bits per heavy atom. The van der Waals surface area contributed by atoms with Crippen molar-refractivity contribution in [2.24, 2.45) is 0 Å². The van der Waals surface area contributed by atoms with Gasteiger partial charge in [0.25, 0.3) is 5.91 Å². The number of benzene rings is 1. The van der Waals surface area contributed by atoms with Crippen molar-refractivity contribution in [2.75, 3.05) is 6.54 Å². The number of hydrogen-bond donors (Lipinski definition) is 0. The number of aromatic nitrogens is 1. The fourth-order valence-electron chi connectivity index (χ4n) is 3.46. The molecule has 1 fully saturated rings. The van der Waals surface area contributed by atoms with Crippen LogP contribution in [-0.2, 0) is 4.79 Å². The van der Waals surface area contributed by atoms with Gasteiger partial charge in [-0.15, -0.1) is 0 Å². The molecule has 0 N–H and O–H groups in total. The number of nitrogens with zero attached hydrogens (tertiary/aromatic N) is 2. The minimum Gasteiger partial charge on any atom is -0.464 e. The van der Waals surface area contributed by atoms with Gasteiger partial charge < -0.3 is 9.64 Å². The molecule has 1 atom stereocenters. The van der Waals surface area contributed by atoms with Crippen molar-refractivity contribution in [3.8, 4) is 5.75 Å². The zero-order chi connectivity index (χ0) is 17.1. The molecule has 1 saturated heterocycles. The number of carbonyl (C=O) groups excluding carboxylic acids is 1. The number of hydrogen-bond acceptors (Lipinski definition) is 3. The van der Waals surface area contributed by atoms with E-state index >= 15 is 0 Å². The summed E-state index contributed by atoms with van der Waals surface area (Å²) in [6, 6.07) is 13.7. The Morgan fingerprint density at radius 3 is 2.88 bits per heavy atom. The maximum absolute atomic E-state index is 13.2. The van der Waals surface area contributed by atoms with Gasteiger partial charge in [-0.1, -0.05) is 24.3 Å². The fraction of sp³-hybridized carbons (Fsp3) is 0.238. The van der Waals surface area contributed by atoms with E-state index in [0.717, 1.165) is 42.8 Å². The van der Waals surface area contributed by atoms with Crippen molar-refractivity contribution in [1.82, 2.24) is 9.88 Å². The first kappa shape index (κ1) is 15.6. The molecule has 1 aromatic heterocycles. The Hall–Kier alpha value is -2.88. The summed E-state index contributed by atoms with van der Waals surface area (Å²) in [5.74, 6) is 0.799. The minimum absolute atomic E-state index is 0.0342. The van der Waals surface area contributed by atoms with Crippen LogP contribution in [0.1, 0.15) is 36.6 Å². The molecular formula is C21H20N2O2. The predicted molar refractivity (Wildman–Crippen MR) is 96.7 cm³/mol. The zero-order valence-corrected chi connectivity index (χ0v) is 14.0. The summed E-state index contributed by atoms with van der Waals surface area (Å²) >= 11 is 0. The summed E-state index contributed by atoms with van der Waals surface area (Å²) in [6.45, 7) is 0.758. The first-order chi connectivity index (χ1) is 12.3. The molecule has 1 aromatic carbocycles. The number of pyridine rings is 1. The molecule has 2 aliphatic heterocycles. The van der Waals surface area contributed by atoms with Crippen LogP contribution in [0.15, 0.2) is 66.6 Å². The van der Waals surface area contributed by atoms with Crippen LogP contribution in [0.3, 0.4) is 0 Å². The number of amides is 1. The van der Waals surface area contributed by atoms with E-state index in [0.29, 0.717) is 5.57 Å². The first-order valence-electron chi connectivity index (χ1n) is 8.69. The van der Waals surface area contributed by atoms with Gasteiger partial charge in [-0.2, -0.15) is 0 Å². The third kappa shape index (κ3) is 3.20. The second kappa shape index (κ2) is 6.93. The molecule has 1 amide bonds. The molecule has 0 spiro atoms. The van der Waals surface area contributed by atoms with E-state index in [1.807, 2.05) is 53.4 Å². The predicted octanol–water partition coefficient (Wildman–Crippen LogP) is 4.12. The van der Waals surface area contributed by atoms with Gasteiger partial charge in [0.1, 0.15) is 5.75 Å². The van der Waals surface area contributed by atoms with Crippen LogP contribution in [0.2, 0.25) is 0 Å². The van der Waals surface area contributed by atoms with Crippen LogP contribution in [0.25, 0.3) is 6.08 Å². The van der Waals surface area contributed by atoms with E-state index < -0.39 is 0 Å². The third-order valence-electron chi connectivity index (χ3n) is 4.71. The molecule has 4 heteroatoms. The Balaban J connectivity index is 1.66. The highest BCUT2D eigenvalue weighted by molar-refractivity contribution is 6.01. The van der Waals surface area contributed by atoms with E-state index in [-0.39, 0.29) is 11.9 Å². The molecule has 2 aliphatic rings. The molecule has 0 radical (unpaired) electrons. The molecule has 126 valence electrons. The van der Waals surface area contributed by atoms with E-state index in [9.17, 15) is 4.79 Å². The number of para-hydroxylation sites is 1. The lowest BCUT2D eigenvalue weighted by Gasteiger charge is -2.35. The largest absolute Gasteiger partial charge is 0.464 e. The monoisotopic (exact) mass is 332 g/mol. The van der Waals surface area contributed by atoms with Gasteiger partial charge in [0, 0.05) is 23.9 Å². The van der Waals surface area contributed by atoms with Crippen LogP contribution in [0.4, 0.5) is 0 Å². The van der Waals surface area contributed by atoms with Crippen molar-refractivity contribution >= 4 is 12.0 Å². The number of carbonyl (C=O) groups is 1. The molecule has 0 bridgehead atoms. The Labute approximate surface area is 147 Å². The van der Waals surface area contributed by atoms with Crippen LogP contribution in [0, 0.1) is 0 Å². The minimum atomic E-state index is 0.0342.